The van der Waals surface area contributed by atoms with Crippen LogP contribution >= 0.6 is 11.6 Å². The number of hydrogen-bond donors (Lipinski definition) is 3. The maximum atomic E-state index is 14.7. The summed E-state index contributed by atoms with van der Waals surface area (Å²) >= 11 is 6.26. The van der Waals surface area contributed by atoms with E-state index >= 15 is 0 Å². The summed E-state index contributed by atoms with van der Waals surface area (Å²) in [5.41, 5.74) is 3.71. The van der Waals surface area contributed by atoms with Crippen LogP contribution in [0.1, 0.15) is 46.9 Å². The van der Waals surface area contributed by atoms with Gasteiger partial charge in [0.2, 0.25) is 0 Å². The van der Waals surface area contributed by atoms with Gasteiger partial charge in [0.25, 0.3) is 5.91 Å². The SMILES string of the molecule is Cc1cc(C(C)Nc2cccc(-c3cc(F)c(C(=O)NC(C)C(=O)O)c(F)c3)c2)cc(C)c1Cl. The van der Waals surface area contributed by atoms with Crippen LogP contribution in [0.4, 0.5) is 14.5 Å². The van der Waals surface area contributed by atoms with E-state index in [1.165, 1.54) is 6.92 Å². The number of carbonyl (C=O) groups excluding carboxylic acids is 1. The topological polar surface area (TPSA) is 78.4 Å². The van der Waals surface area contributed by atoms with Gasteiger partial charge in [-0.1, -0.05) is 35.9 Å². The molecule has 0 heterocycles. The van der Waals surface area contributed by atoms with Gasteiger partial charge in [0.05, 0.1) is 0 Å². The molecule has 5 nitrogen and oxygen atoms in total. The number of benzene rings is 3. The van der Waals surface area contributed by atoms with E-state index in [9.17, 15) is 18.4 Å². The lowest BCUT2D eigenvalue weighted by atomic mass is 10.0. The lowest BCUT2D eigenvalue weighted by molar-refractivity contribution is -0.138. The van der Waals surface area contributed by atoms with E-state index in [4.69, 9.17) is 16.7 Å². The average Bonchev–Trinajstić information content (AvgIpc) is 2.76. The standard InChI is InChI=1S/C26H25ClF2N2O3/c1-13-8-18(9-14(2)24(13)27)15(3)30-20-7-5-6-17(10-20)19-11-21(28)23(22(29)12-19)25(32)31-16(4)26(33)34/h5-12,15-16,30H,1-4H3,(H,31,32)(H,33,34). The van der Waals surface area contributed by atoms with Crippen LogP contribution in [0.25, 0.3) is 11.1 Å². The summed E-state index contributed by atoms with van der Waals surface area (Å²) < 4.78 is 29.3. The molecule has 3 N–H and O–H groups in total. The summed E-state index contributed by atoms with van der Waals surface area (Å²) in [6.07, 6.45) is 0. The van der Waals surface area contributed by atoms with Crippen LogP contribution in [0.5, 0.6) is 0 Å². The monoisotopic (exact) mass is 486 g/mol. The van der Waals surface area contributed by atoms with E-state index in [0.717, 1.165) is 39.5 Å². The highest BCUT2D eigenvalue weighted by Gasteiger charge is 2.23. The van der Waals surface area contributed by atoms with Gasteiger partial charge >= 0.3 is 5.97 Å². The molecule has 34 heavy (non-hydrogen) atoms. The van der Waals surface area contributed by atoms with Gasteiger partial charge < -0.3 is 15.7 Å². The van der Waals surface area contributed by atoms with Crippen molar-refractivity contribution >= 4 is 29.2 Å². The first-order chi connectivity index (χ1) is 16.0. The largest absolute Gasteiger partial charge is 0.480 e. The molecular weight excluding hydrogens is 462 g/mol. The van der Waals surface area contributed by atoms with E-state index in [0.29, 0.717) is 5.56 Å². The minimum atomic E-state index is -1.31. The molecule has 0 fully saturated rings. The molecule has 0 aliphatic heterocycles. The molecule has 178 valence electrons. The molecule has 2 atom stereocenters. The number of carboxylic acids is 1. The zero-order chi connectivity index (χ0) is 25.2. The summed E-state index contributed by atoms with van der Waals surface area (Å²) in [6.45, 7) is 7.10. The van der Waals surface area contributed by atoms with Gasteiger partial charge in [-0.25, -0.2) is 8.78 Å². The van der Waals surface area contributed by atoms with Crippen molar-refractivity contribution in [3.63, 3.8) is 0 Å². The first-order valence-corrected chi connectivity index (χ1v) is 11.0. The molecule has 0 spiro atoms. The second-order valence-electron chi connectivity index (χ2n) is 8.26. The molecule has 0 aliphatic rings. The molecule has 0 bridgehead atoms. The van der Waals surface area contributed by atoms with Crippen LogP contribution < -0.4 is 10.6 Å². The number of carboxylic acid groups (broad SMARTS) is 1. The summed E-state index contributed by atoms with van der Waals surface area (Å²) in [6, 6.07) is 11.8. The lowest BCUT2D eigenvalue weighted by Gasteiger charge is -2.18. The Bertz CT molecular complexity index is 1220. The number of aryl methyl sites for hydroxylation is 2. The van der Waals surface area contributed by atoms with E-state index in [2.05, 4.69) is 10.6 Å². The van der Waals surface area contributed by atoms with Crippen LogP contribution in [0, 0.1) is 25.5 Å². The van der Waals surface area contributed by atoms with Crippen molar-refractivity contribution in [3.8, 4) is 11.1 Å². The third-order valence-corrected chi connectivity index (χ3v) is 6.12. The van der Waals surface area contributed by atoms with E-state index < -0.39 is 35.1 Å². The molecule has 3 aromatic rings. The van der Waals surface area contributed by atoms with Crippen molar-refractivity contribution in [1.29, 1.82) is 0 Å². The fourth-order valence-corrected chi connectivity index (χ4v) is 3.75. The van der Waals surface area contributed by atoms with Gasteiger partial charge in [0, 0.05) is 16.8 Å². The molecule has 0 radical (unpaired) electrons. The van der Waals surface area contributed by atoms with Crippen molar-refractivity contribution in [2.24, 2.45) is 0 Å². The number of anilines is 1. The smallest absolute Gasteiger partial charge is 0.325 e. The molecule has 8 heteroatoms. The Morgan fingerprint density at radius 2 is 1.53 bits per heavy atom. The predicted octanol–water partition coefficient (Wildman–Crippen LogP) is 6.28. The zero-order valence-electron chi connectivity index (χ0n) is 19.2. The number of hydrogen-bond acceptors (Lipinski definition) is 3. The molecule has 0 saturated heterocycles. The molecule has 3 rings (SSSR count). The molecule has 3 aromatic carbocycles. The van der Waals surface area contributed by atoms with Crippen LogP contribution in [-0.2, 0) is 4.79 Å². The highest BCUT2D eigenvalue weighted by Crippen LogP contribution is 2.30. The van der Waals surface area contributed by atoms with Crippen molar-refractivity contribution in [2.75, 3.05) is 5.32 Å². The van der Waals surface area contributed by atoms with Crippen LogP contribution in [0.3, 0.4) is 0 Å². The fourth-order valence-electron chi connectivity index (χ4n) is 3.64. The van der Waals surface area contributed by atoms with Crippen molar-refractivity contribution < 1.29 is 23.5 Å². The van der Waals surface area contributed by atoms with Gasteiger partial charge in [-0.05, 0) is 79.8 Å². The maximum Gasteiger partial charge on any atom is 0.325 e. The zero-order valence-corrected chi connectivity index (χ0v) is 19.9. The summed E-state index contributed by atoms with van der Waals surface area (Å²) in [5, 5.41) is 15.1. The van der Waals surface area contributed by atoms with Crippen molar-refractivity contribution in [2.45, 2.75) is 39.8 Å². The molecule has 0 aliphatic carbocycles. The quantitative estimate of drug-likeness (QED) is 0.367. The van der Waals surface area contributed by atoms with E-state index in [1.54, 1.807) is 18.2 Å². The van der Waals surface area contributed by atoms with Crippen LogP contribution in [0.15, 0.2) is 48.5 Å². The Labute approximate surface area is 201 Å². The van der Waals surface area contributed by atoms with Crippen molar-refractivity contribution in [3.05, 3.63) is 87.4 Å². The summed E-state index contributed by atoms with van der Waals surface area (Å²) in [7, 11) is 0. The minimum absolute atomic E-state index is 0.0549. The molecule has 0 aromatic heterocycles. The summed E-state index contributed by atoms with van der Waals surface area (Å²) in [5.74, 6) is -4.60. The summed E-state index contributed by atoms with van der Waals surface area (Å²) in [4.78, 5) is 23.1. The van der Waals surface area contributed by atoms with Gasteiger partial charge in [-0.15, -0.1) is 0 Å². The fraction of sp³-hybridized carbons (Fsp3) is 0.231. The Morgan fingerprint density at radius 3 is 2.09 bits per heavy atom. The van der Waals surface area contributed by atoms with E-state index in [-0.39, 0.29) is 11.6 Å². The normalized spacial score (nSPS) is 12.7. The highest BCUT2D eigenvalue weighted by atomic mass is 35.5. The Balaban J connectivity index is 1.85. The predicted molar refractivity (Wildman–Crippen MR) is 129 cm³/mol. The number of rotatable bonds is 7. The Morgan fingerprint density at radius 1 is 0.941 bits per heavy atom. The number of carbonyl (C=O) groups is 2. The third kappa shape index (κ3) is 5.54. The van der Waals surface area contributed by atoms with Crippen molar-refractivity contribution in [1.82, 2.24) is 5.32 Å². The number of halogens is 3. The Hall–Kier alpha value is -3.45. The second-order valence-corrected chi connectivity index (χ2v) is 8.64. The van der Waals surface area contributed by atoms with Gasteiger partial charge in [0.1, 0.15) is 23.2 Å². The van der Waals surface area contributed by atoms with Crippen LogP contribution in [0.2, 0.25) is 5.02 Å². The lowest BCUT2D eigenvalue weighted by Crippen LogP contribution is -2.39. The number of amides is 1. The first kappa shape index (κ1) is 25.2. The maximum absolute atomic E-state index is 14.7. The minimum Gasteiger partial charge on any atom is -0.480 e. The number of nitrogens with one attached hydrogen (secondary N) is 2. The molecule has 2 unspecified atom stereocenters. The average molecular weight is 487 g/mol. The van der Waals surface area contributed by atoms with Gasteiger partial charge in [-0.3, -0.25) is 9.59 Å². The number of aliphatic carboxylic acids is 1. The Kier molecular flexibility index (Phi) is 7.57. The molecule has 0 saturated carbocycles. The third-order valence-electron chi connectivity index (χ3n) is 5.53. The first-order valence-electron chi connectivity index (χ1n) is 10.6. The second kappa shape index (κ2) is 10.2. The van der Waals surface area contributed by atoms with Crippen LogP contribution in [-0.4, -0.2) is 23.0 Å². The van der Waals surface area contributed by atoms with E-state index in [1.807, 2.05) is 39.0 Å². The molecular formula is C26H25ClF2N2O3. The highest BCUT2D eigenvalue weighted by molar-refractivity contribution is 6.32. The molecule has 1 amide bonds. The van der Waals surface area contributed by atoms with Gasteiger partial charge in [0.15, 0.2) is 0 Å². The van der Waals surface area contributed by atoms with Gasteiger partial charge in [-0.2, -0.15) is 0 Å².